The fraction of sp³-hybridized carbons (Fsp3) is 0.364. The zero-order valence-electron chi connectivity index (χ0n) is 8.90. The molecule has 0 bridgehead atoms. The fourth-order valence-electron chi connectivity index (χ4n) is 1.56. The number of benzene rings is 1. The molecule has 88 valence electrons. The number of halogens is 1. The second kappa shape index (κ2) is 5.32. The van der Waals surface area contributed by atoms with Gasteiger partial charge < -0.3 is 15.9 Å². The van der Waals surface area contributed by atoms with Crippen molar-refractivity contribution in [3.05, 3.63) is 27.7 Å². The molecule has 0 saturated heterocycles. The van der Waals surface area contributed by atoms with Gasteiger partial charge in [-0.15, -0.1) is 0 Å². The molecule has 0 aromatic heterocycles. The number of carbonyl (C=O) groups is 1. The lowest BCUT2D eigenvalue weighted by Gasteiger charge is -2.15. The highest BCUT2D eigenvalue weighted by Crippen LogP contribution is 2.32. The summed E-state index contributed by atoms with van der Waals surface area (Å²) in [5, 5.41) is 18.4. The number of aliphatic carboxylic acids is 1. The standard InChI is InChI=1S/C11H14BrNO3/c1-6-2-7(3-9(14)11(6)12)8(5-13)4-10(15)16/h2-3,8,14H,4-5,13H2,1H3,(H,15,16). The minimum absolute atomic E-state index is 0.0307. The van der Waals surface area contributed by atoms with E-state index in [-0.39, 0.29) is 24.6 Å². The van der Waals surface area contributed by atoms with Gasteiger partial charge in [-0.25, -0.2) is 0 Å². The molecular weight excluding hydrogens is 274 g/mol. The first-order chi connectivity index (χ1) is 7.45. The van der Waals surface area contributed by atoms with Crippen LogP contribution in [0.15, 0.2) is 16.6 Å². The number of aromatic hydroxyl groups is 1. The predicted molar refractivity (Wildman–Crippen MR) is 64.6 cm³/mol. The molecule has 0 aliphatic carbocycles. The van der Waals surface area contributed by atoms with Gasteiger partial charge in [0.1, 0.15) is 5.75 Å². The maximum atomic E-state index is 10.7. The Morgan fingerprint density at radius 1 is 1.56 bits per heavy atom. The number of hydrogen-bond acceptors (Lipinski definition) is 3. The molecule has 4 N–H and O–H groups in total. The van der Waals surface area contributed by atoms with Gasteiger partial charge >= 0.3 is 5.97 Å². The highest BCUT2D eigenvalue weighted by atomic mass is 79.9. The Bertz CT molecular complexity index is 383. The van der Waals surface area contributed by atoms with Crippen molar-refractivity contribution in [2.75, 3.05) is 6.54 Å². The molecule has 0 spiro atoms. The van der Waals surface area contributed by atoms with E-state index < -0.39 is 5.97 Å². The minimum atomic E-state index is -0.893. The summed E-state index contributed by atoms with van der Waals surface area (Å²) in [4.78, 5) is 10.7. The molecule has 0 saturated carbocycles. The number of phenols is 1. The summed E-state index contributed by atoms with van der Waals surface area (Å²) in [7, 11) is 0. The molecule has 0 fully saturated rings. The monoisotopic (exact) mass is 287 g/mol. The average Bonchev–Trinajstić information content (AvgIpc) is 2.21. The summed E-state index contributed by atoms with van der Waals surface area (Å²) in [6.07, 6.45) is -0.0307. The lowest BCUT2D eigenvalue weighted by molar-refractivity contribution is -0.137. The SMILES string of the molecule is Cc1cc(C(CN)CC(=O)O)cc(O)c1Br. The van der Waals surface area contributed by atoms with Crippen molar-refractivity contribution in [2.24, 2.45) is 5.73 Å². The van der Waals surface area contributed by atoms with Crippen LogP contribution in [0.1, 0.15) is 23.5 Å². The Morgan fingerprint density at radius 3 is 2.62 bits per heavy atom. The predicted octanol–water partition coefficient (Wildman–Crippen LogP) is 1.98. The number of carboxylic acids is 1. The second-order valence-electron chi connectivity index (χ2n) is 3.70. The molecule has 1 unspecified atom stereocenters. The van der Waals surface area contributed by atoms with Crippen LogP contribution < -0.4 is 5.73 Å². The van der Waals surface area contributed by atoms with Crippen LogP contribution in [0.25, 0.3) is 0 Å². The van der Waals surface area contributed by atoms with Crippen molar-refractivity contribution in [1.82, 2.24) is 0 Å². The third kappa shape index (κ3) is 2.96. The summed E-state index contributed by atoms with van der Waals surface area (Å²) in [6.45, 7) is 2.08. The van der Waals surface area contributed by atoms with Crippen LogP contribution >= 0.6 is 15.9 Å². The van der Waals surface area contributed by atoms with E-state index in [9.17, 15) is 9.90 Å². The van der Waals surface area contributed by atoms with Crippen LogP contribution in [-0.4, -0.2) is 22.7 Å². The highest BCUT2D eigenvalue weighted by Gasteiger charge is 2.16. The van der Waals surface area contributed by atoms with Crippen LogP contribution in [0.3, 0.4) is 0 Å². The van der Waals surface area contributed by atoms with Crippen molar-refractivity contribution in [3.63, 3.8) is 0 Å². The molecule has 4 nitrogen and oxygen atoms in total. The zero-order chi connectivity index (χ0) is 12.3. The molecule has 0 aliphatic heterocycles. The molecule has 1 atom stereocenters. The molecule has 1 rings (SSSR count). The van der Waals surface area contributed by atoms with Crippen molar-refractivity contribution >= 4 is 21.9 Å². The normalized spacial score (nSPS) is 12.4. The van der Waals surface area contributed by atoms with Gasteiger partial charge in [-0.3, -0.25) is 4.79 Å². The van der Waals surface area contributed by atoms with Crippen LogP contribution in [0.4, 0.5) is 0 Å². The number of rotatable bonds is 4. The molecule has 1 aromatic carbocycles. The van der Waals surface area contributed by atoms with Crippen molar-refractivity contribution in [2.45, 2.75) is 19.3 Å². The van der Waals surface area contributed by atoms with Crippen LogP contribution in [0.5, 0.6) is 5.75 Å². The third-order valence-corrected chi connectivity index (χ3v) is 3.47. The number of aryl methyl sites for hydroxylation is 1. The number of carboxylic acid groups (broad SMARTS) is 1. The van der Waals surface area contributed by atoms with E-state index in [1.165, 1.54) is 0 Å². The quantitative estimate of drug-likeness (QED) is 0.791. The largest absolute Gasteiger partial charge is 0.507 e. The van der Waals surface area contributed by atoms with Gasteiger partial charge in [-0.2, -0.15) is 0 Å². The van der Waals surface area contributed by atoms with E-state index >= 15 is 0 Å². The van der Waals surface area contributed by atoms with E-state index in [0.717, 1.165) is 11.1 Å². The highest BCUT2D eigenvalue weighted by molar-refractivity contribution is 9.10. The van der Waals surface area contributed by atoms with Gasteiger partial charge in [0.25, 0.3) is 0 Å². The molecule has 5 heteroatoms. The Morgan fingerprint density at radius 2 is 2.19 bits per heavy atom. The lowest BCUT2D eigenvalue weighted by Crippen LogP contribution is -2.16. The molecule has 0 radical (unpaired) electrons. The Balaban J connectivity index is 3.06. The Labute approximate surface area is 102 Å². The van der Waals surface area contributed by atoms with Gasteiger partial charge in [0.2, 0.25) is 0 Å². The van der Waals surface area contributed by atoms with Crippen molar-refractivity contribution < 1.29 is 15.0 Å². The van der Waals surface area contributed by atoms with E-state index in [4.69, 9.17) is 10.8 Å². The summed E-state index contributed by atoms with van der Waals surface area (Å²) in [5.41, 5.74) is 7.15. The van der Waals surface area contributed by atoms with E-state index in [0.29, 0.717) is 4.47 Å². The van der Waals surface area contributed by atoms with Crippen LogP contribution in [0, 0.1) is 6.92 Å². The summed E-state index contributed by atoms with van der Waals surface area (Å²) >= 11 is 3.24. The smallest absolute Gasteiger partial charge is 0.304 e. The first-order valence-corrected chi connectivity index (χ1v) is 5.65. The summed E-state index contributed by atoms with van der Waals surface area (Å²) in [6, 6.07) is 3.39. The number of phenolic OH excluding ortho intramolecular Hbond substituents is 1. The first kappa shape index (κ1) is 13.0. The molecular formula is C11H14BrNO3. The Hall–Kier alpha value is -1.07. The first-order valence-electron chi connectivity index (χ1n) is 4.86. The third-order valence-electron chi connectivity index (χ3n) is 2.43. The molecule has 16 heavy (non-hydrogen) atoms. The van der Waals surface area contributed by atoms with E-state index in [1.807, 2.05) is 13.0 Å². The molecule has 0 aliphatic rings. The molecule has 1 aromatic rings. The van der Waals surface area contributed by atoms with Gasteiger partial charge in [0.05, 0.1) is 10.9 Å². The van der Waals surface area contributed by atoms with Crippen molar-refractivity contribution in [3.8, 4) is 5.75 Å². The zero-order valence-corrected chi connectivity index (χ0v) is 10.5. The molecule has 0 heterocycles. The van der Waals surface area contributed by atoms with Gasteiger partial charge in [0, 0.05) is 5.92 Å². The Kier molecular flexibility index (Phi) is 4.32. The van der Waals surface area contributed by atoms with Crippen LogP contribution in [0.2, 0.25) is 0 Å². The maximum Gasteiger partial charge on any atom is 0.304 e. The number of nitrogens with two attached hydrogens (primary N) is 1. The van der Waals surface area contributed by atoms with E-state index in [2.05, 4.69) is 15.9 Å². The summed E-state index contributed by atoms with van der Waals surface area (Å²) < 4.78 is 0.627. The lowest BCUT2D eigenvalue weighted by atomic mass is 9.94. The van der Waals surface area contributed by atoms with Gasteiger partial charge in [-0.05, 0) is 46.6 Å². The van der Waals surface area contributed by atoms with Gasteiger partial charge in [0.15, 0.2) is 0 Å². The minimum Gasteiger partial charge on any atom is -0.507 e. The van der Waals surface area contributed by atoms with Crippen molar-refractivity contribution in [1.29, 1.82) is 0 Å². The second-order valence-corrected chi connectivity index (χ2v) is 4.49. The maximum absolute atomic E-state index is 10.7. The fourth-order valence-corrected chi connectivity index (χ4v) is 1.79. The molecule has 0 amide bonds. The number of hydrogen-bond donors (Lipinski definition) is 3. The topological polar surface area (TPSA) is 83.6 Å². The average molecular weight is 288 g/mol. The van der Waals surface area contributed by atoms with Gasteiger partial charge in [-0.1, -0.05) is 6.07 Å². The van der Waals surface area contributed by atoms with Crippen LogP contribution in [-0.2, 0) is 4.79 Å². The summed E-state index contributed by atoms with van der Waals surface area (Å²) in [5.74, 6) is -1.05. The van der Waals surface area contributed by atoms with E-state index in [1.54, 1.807) is 6.07 Å².